The molecule has 4 rings (SSSR count). The van der Waals surface area contributed by atoms with Crippen molar-refractivity contribution in [3.8, 4) is 5.75 Å². The van der Waals surface area contributed by atoms with Gasteiger partial charge in [0, 0.05) is 5.56 Å². The lowest BCUT2D eigenvalue weighted by molar-refractivity contribution is -0.130. The molecule has 0 bridgehead atoms. The number of carbonyl (C=O) groups excluding carboxylic acids is 2. The van der Waals surface area contributed by atoms with Crippen LogP contribution >= 0.6 is 0 Å². The van der Waals surface area contributed by atoms with Crippen LogP contribution in [0.15, 0.2) is 94.4 Å². The van der Waals surface area contributed by atoms with Crippen LogP contribution in [0.25, 0.3) is 0 Å². The average molecular weight is 494 g/mol. The number of rotatable bonds is 7. The number of para-hydroxylation sites is 1. The summed E-state index contributed by atoms with van der Waals surface area (Å²) in [5.74, 6) is -1.71. The summed E-state index contributed by atoms with van der Waals surface area (Å²) >= 11 is 0. The second-order valence-electron chi connectivity index (χ2n) is 7.79. The maximum absolute atomic E-state index is 13.6. The highest BCUT2D eigenvalue weighted by molar-refractivity contribution is 7.95. The number of aliphatic hydroxyl groups is 1. The Bertz CT molecular complexity index is 1400. The molecule has 1 heterocycles. The van der Waals surface area contributed by atoms with Crippen molar-refractivity contribution in [2.24, 2.45) is 0 Å². The quantitative estimate of drug-likeness (QED) is 0.499. The van der Waals surface area contributed by atoms with Gasteiger partial charge in [0.05, 0.1) is 37.3 Å². The molecule has 0 spiro atoms. The molecular weight excluding hydrogens is 470 g/mol. The third-order valence-corrected chi connectivity index (χ3v) is 7.67. The highest BCUT2D eigenvalue weighted by Crippen LogP contribution is 2.43. The van der Waals surface area contributed by atoms with Crippen molar-refractivity contribution >= 4 is 21.7 Å². The first kappa shape index (κ1) is 24.0. The van der Waals surface area contributed by atoms with Crippen molar-refractivity contribution in [1.29, 1.82) is 0 Å². The van der Waals surface area contributed by atoms with Gasteiger partial charge in [-0.2, -0.15) is 0 Å². The SMILES string of the molecule is COC(=O)c1ccc([C@H]2C(S(=O)(=O)c3ccccc3)=C(O)C(=O)N2Cc2ccccc2OC)cc1. The van der Waals surface area contributed by atoms with Gasteiger partial charge in [0.2, 0.25) is 9.84 Å². The summed E-state index contributed by atoms with van der Waals surface area (Å²) in [4.78, 5) is 25.9. The fraction of sp³-hybridized carbons (Fsp3) is 0.154. The molecule has 0 saturated heterocycles. The molecule has 3 aromatic rings. The Morgan fingerprint density at radius 3 is 2.20 bits per heavy atom. The van der Waals surface area contributed by atoms with Gasteiger partial charge in [0.15, 0.2) is 5.76 Å². The van der Waals surface area contributed by atoms with E-state index in [0.717, 1.165) is 0 Å². The van der Waals surface area contributed by atoms with E-state index in [9.17, 15) is 23.1 Å². The van der Waals surface area contributed by atoms with E-state index in [0.29, 0.717) is 16.9 Å². The Balaban J connectivity index is 1.86. The van der Waals surface area contributed by atoms with Gasteiger partial charge >= 0.3 is 5.97 Å². The van der Waals surface area contributed by atoms with Crippen molar-refractivity contribution in [1.82, 2.24) is 4.90 Å². The zero-order valence-electron chi connectivity index (χ0n) is 19.0. The van der Waals surface area contributed by atoms with Crippen molar-refractivity contribution in [2.45, 2.75) is 17.5 Å². The van der Waals surface area contributed by atoms with Gasteiger partial charge in [-0.25, -0.2) is 13.2 Å². The number of benzene rings is 3. The number of nitrogens with zero attached hydrogens (tertiary/aromatic N) is 1. The van der Waals surface area contributed by atoms with E-state index in [1.54, 1.807) is 54.6 Å². The number of sulfone groups is 1. The maximum atomic E-state index is 13.6. The lowest BCUT2D eigenvalue weighted by atomic mass is 10.0. The zero-order valence-corrected chi connectivity index (χ0v) is 19.9. The molecule has 0 aromatic heterocycles. The summed E-state index contributed by atoms with van der Waals surface area (Å²) in [6, 6.07) is 19.5. The standard InChI is InChI=1S/C26H23NO7S/c1-33-21-11-7-6-8-19(21)16-27-22(17-12-14-18(15-13-17)26(30)34-2)24(23(28)25(27)29)35(31,32)20-9-4-3-5-10-20/h3-15,22,28H,16H2,1-2H3/t22-/m0/s1. The Labute approximate surface area is 202 Å². The molecule has 9 heteroatoms. The Morgan fingerprint density at radius 2 is 1.57 bits per heavy atom. The molecule has 1 amide bonds. The Kier molecular flexibility index (Phi) is 6.61. The third-order valence-electron chi connectivity index (χ3n) is 5.78. The van der Waals surface area contributed by atoms with E-state index in [1.165, 1.54) is 43.4 Å². The molecule has 8 nitrogen and oxygen atoms in total. The zero-order chi connectivity index (χ0) is 25.2. The number of hydrogen-bond donors (Lipinski definition) is 1. The first-order valence-corrected chi connectivity index (χ1v) is 12.1. The number of amides is 1. The van der Waals surface area contributed by atoms with Crippen LogP contribution in [-0.4, -0.2) is 44.5 Å². The topological polar surface area (TPSA) is 110 Å². The minimum Gasteiger partial charge on any atom is -0.502 e. The molecular formula is C26H23NO7S. The summed E-state index contributed by atoms with van der Waals surface area (Å²) in [6.45, 7) is -0.0237. The fourth-order valence-corrected chi connectivity index (χ4v) is 5.73. The number of methoxy groups -OCH3 is 2. The molecule has 0 radical (unpaired) electrons. The van der Waals surface area contributed by atoms with Crippen molar-refractivity contribution in [2.75, 3.05) is 14.2 Å². The second-order valence-corrected chi connectivity index (χ2v) is 9.71. The smallest absolute Gasteiger partial charge is 0.337 e. The predicted octanol–water partition coefficient (Wildman–Crippen LogP) is 3.81. The summed E-state index contributed by atoms with van der Waals surface area (Å²) in [6.07, 6.45) is 0. The predicted molar refractivity (Wildman–Crippen MR) is 127 cm³/mol. The molecule has 1 N–H and O–H groups in total. The first-order chi connectivity index (χ1) is 16.8. The monoisotopic (exact) mass is 493 g/mol. The Morgan fingerprint density at radius 1 is 0.943 bits per heavy atom. The van der Waals surface area contributed by atoms with Gasteiger partial charge in [-0.3, -0.25) is 4.79 Å². The lowest BCUT2D eigenvalue weighted by Crippen LogP contribution is -2.31. The van der Waals surface area contributed by atoms with Crippen LogP contribution in [0.5, 0.6) is 5.75 Å². The summed E-state index contributed by atoms with van der Waals surface area (Å²) in [5, 5.41) is 10.8. The minimum absolute atomic E-state index is 0.0237. The van der Waals surface area contributed by atoms with E-state index < -0.39 is 38.4 Å². The highest BCUT2D eigenvalue weighted by atomic mass is 32.2. The number of esters is 1. The number of carbonyl (C=O) groups is 2. The van der Waals surface area contributed by atoms with Gasteiger partial charge in [-0.1, -0.05) is 48.5 Å². The van der Waals surface area contributed by atoms with Gasteiger partial charge < -0.3 is 19.5 Å². The normalized spacial score (nSPS) is 15.9. The molecule has 1 atom stereocenters. The van der Waals surface area contributed by atoms with Crippen LogP contribution in [-0.2, 0) is 25.9 Å². The molecule has 1 aliphatic rings. The van der Waals surface area contributed by atoms with Crippen LogP contribution in [0.3, 0.4) is 0 Å². The molecule has 1 aliphatic heterocycles. The van der Waals surface area contributed by atoms with Crippen LogP contribution in [0.2, 0.25) is 0 Å². The summed E-state index contributed by atoms with van der Waals surface area (Å²) in [7, 11) is -1.50. The molecule has 0 aliphatic carbocycles. The van der Waals surface area contributed by atoms with Crippen molar-refractivity contribution in [3.63, 3.8) is 0 Å². The van der Waals surface area contributed by atoms with Gasteiger partial charge in [-0.15, -0.1) is 0 Å². The Hall–Kier alpha value is -4.11. The van der Waals surface area contributed by atoms with E-state index in [1.807, 2.05) is 0 Å². The fourth-order valence-electron chi connectivity index (χ4n) is 4.06. The van der Waals surface area contributed by atoms with Crippen molar-refractivity contribution in [3.05, 3.63) is 106 Å². The number of ether oxygens (including phenoxy) is 2. The van der Waals surface area contributed by atoms with E-state index in [-0.39, 0.29) is 17.0 Å². The highest BCUT2D eigenvalue weighted by Gasteiger charge is 2.47. The minimum atomic E-state index is -4.25. The second kappa shape index (κ2) is 9.63. The lowest BCUT2D eigenvalue weighted by Gasteiger charge is -2.27. The third kappa shape index (κ3) is 4.38. The largest absolute Gasteiger partial charge is 0.502 e. The van der Waals surface area contributed by atoms with Gasteiger partial charge in [-0.05, 0) is 35.9 Å². The van der Waals surface area contributed by atoms with E-state index in [2.05, 4.69) is 0 Å². The molecule has 180 valence electrons. The molecule has 35 heavy (non-hydrogen) atoms. The average Bonchev–Trinajstić information content (AvgIpc) is 3.14. The molecule has 0 unspecified atom stereocenters. The van der Waals surface area contributed by atoms with Gasteiger partial charge in [0.1, 0.15) is 10.7 Å². The van der Waals surface area contributed by atoms with Crippen LogP contribution in [0.1, 0.15) is 27.5 Å². The first-order valence-electron chi connectivity index (χ1n) is 10.6. The molecule has 3 aromatic carbocycles. The van der Waals surface area contributed by atoms with Crippen LogP contribution < -0.4 is 4.74 Å². The van der Waals surface area contributed by atoms with Crippen LogP contribution in [0, 0.1) is 0 Å². The summed E-state index contributed by atoms with van der Waals surface area (Å²) in [5.41, 5.74) is 1.29. The number of hydrogen-bond acceptors (Lipinski definition) is 7. The summed E-state index contributed by atoms with van der Waals surface area (Å²) < 4.78 is 37.4. The van der Waals surface area contributed by atoms with Crippen molar-refractivity contribution < 1.29 is 32.6 Å². The molecule has 0 saturated carbocycles. The van der Waals surface area contributed by atoms with E-state index >= 15 is 0 Å². The number of aliphatic hydroxyl groups excluding tert-OH is 1. The van der Waals surface area contributed by atoms with E-state index in [4.69, 9.17) is 9.47 Å². The maximum Gasteiger partial charge on any atom is 0.337 e. The molecule has 0 fully saturated rings. The van der Waals surface area contributed by atoms with Crippen LogP contribution in [0.4, 0.5) is 0 Å². The van der Waals surface area contributed by atoms with Gasteiger partial charge in [0.25, 0.3) is 5.91 Å².